The molecule has 2 aromatic carbocycles. The van der Waals surface area contributed by atoms with Gasteiger partial charge in [-0.15, -0.1) is 0 Å². The molecule has 2 aromatic rings. The standard InChI is InChI=1S/C18H19FO/c1-12(2)15-7-5-14(6-8-15)11-18(20)16-10-13(3)4-9-17(16)19/h4-10,12H,11H2,1-3H3. The molecule has 2 rings (SSSR count). The minimum Gasteiger partial charge on any atom is -0.294 e. The van der Waals surface area contributed by atoms with Crippen LogP contribution in [0.1, 0.15) is 46.8 Å². The molecule has 0 heterocycles. The van der Waals surface area contributed by atoms with E-state index >= 15 is 0 Å². The Balaban J connectivity index is 2.17. The van der Waals surface area contributed by atoms with Crippen molar-refractivity contribution >= 4 is 5.78 Å². The molecule has 0 aliphatic rings. The number of hydrogen-bond acceptors (Lipinski definition) is 1. The Bertz CT molecular complexity index is 612. The van der Waals surface area contributed by atoms with E-state index in [1.165, 1.54) is 11.6 Å². The fourth-order valence-electron chi connectivity index (χ4n) is 2.15. The van der Waals surface area contributed by atoms with Crippen LogP contribution in [0.3, 0.4) is 0 Å². The first-order valence-electron chi connectivity index (χ1n) is 6.85. The van der Waals surface area contributed by atoms with Crippen LogP contribution in [0.4, 0.5) is 4.39 Å². The van der Waals surface area contributed by atoms with Crippen LogP contribution in [-0.2, 0) is 6.42 Å². The van der Waals surface area contributed by atoms with Crippen molar-refractivity contribution in [2.75, 3.05) is 0 Å². The van der Waals surface area contributed by atoms with Crippen LogP contribution < -0.4 is 0 Å². The molecule has 0 radical (unpaired) electrons. The molecule has 104 valence electrons. The van der Waals surface area contributed by atoms with Crippen molar-refractivity contribution in [2.24, 2.45) is 0 Å². The zero-order chi connectivity index (χ0) is 14.7. The predicted molar refractivity (Wildman–Crippen MR) is 79.7 cm³/mol. The van der Waals surface area contributed by atoms with Gasteiger partial charge in [0.25, 0.3) is 0 Å². The van der Waals surface area contributed by atoms with Gasteiger partial charge >= 0.3 is 0 Å². The highest BCUT2D eigenvalue weighted by Gasteiger charge is 2.12. The average Bonchev–Trinajstić information content (AvgIpc) is 2.42. The van der Waals surface area contributed by atoms with Crippen LogP contribution in [0.2, 0.25) is 0 Å². The Morgan fingerprint density at radius 2 is 1.75 bits per heavy atom. The number of aryl methyl sites for hydroxylation is 1. The van der Waals surface area contributed by atoms with Crippen LogP contribution in [-0.4, -0.2) is 5.78 Å². The van der Waals surface area contributed by atoms with Crippen molar-refractivity contribution in [3.05, 3.63) is 70.5 Å². The molecule has 1 nitrogen and oxygen atoms in total. The molecular formula is C18H19FO. The number of rotatable bonds is 4. The lowest BCUT2D eigenvalue weighted by molar-refractivity contribution is 0.0989. The topological polar surface area (TPSA) is 17.1 Å². The molecule has 0 bridgehead atoms. The molecular weight excluding hydrogens is 251 g/mol. The quantitative estimate of drug-likeness (QED) is 0.737. The molecule has 0 aliphatic heterocycles. The highest BCUT2D eigenvalue weighted by molar-refractivity contribution is 5.97. The molecule has 0 saturated heterocycles. The number of ketones is 1. The minimum atomic E-state index is -0.445. The number of carbonyl (C=O) groups excluding carboxylic acids is 1. The van der Waals surface area contributed by atoms with Crippen LogP contribution in [0.25, 0.3) is 0 Å². The molecule has 2 heteroatoms. The van der Waals surface area contributed by atoms with Gasteiger partial charge in [0.2, 0.25) is 0 Å². The highest BCUT2D eigenvalue weighted by atomic mass is 19.1. The van der Waals surface area contributed by atoms with E-state index in [2.05, 4.69) is 13.8 Å². The first-order valence-corrected chi connectivity index (χ1v) is 6.85. The summed E-state index contributed by atoms with van der Waals surface area (Å²) in [5, 5.41) is 0. The summed E-state index contributed by atoms with van der Waals surface area (Å²) in [4.78, 5) is 12.2. The molecule has 0 N–H and O–H groups in total. The Morgan fingerprint density at radius 1 is 1.10 bits per heavy atom. The summed E-state index contributed by atoms with van der Waals surface area (Å²) in [5.74, 6) is -0.156. The second-order valence-electron chi connectivity index (χ2n) is 5.48. The normalized spacial score (nSPS) is 10.8. The monoisotopic (exact) mass is 270 g/mol. The summed E-state index contributed by atoms with van der Waals surface area (Å²) in [6.07, 6.45) is 0.235. The van der Waals surface area contributed by atoms with Gasteiger partial charge in [0.15, 0.2) is 5.78 Å². The minimum absolute atomic E-state index is 0.177. The van der Waals surface area contributed by atoms with Gasteiger partial charge in [0, 0.05) is 6.42 Å². The van der Waals surface area contributed by atoms with E-state index in [4.69, 9.17) is 0 Å². The maximum absolute atomic E-state index is 13.7. The lowest BCUT2D eigenvalue weighted by atomic mass is 9.97. The van der Waals surface area contributed by atoms with E-state index in [9.17, 15) is 9.18 Å². The molecule has 0 aromatic heterocycles. The molecule has 0 unspecified atom stereocenters. The van der Waals surface area contributed by atoms with Crippen LogP contribution in [0, 0.1) is 12.7 Å². The summed E-state index contributed by atoms with van der Waals surface area (Å²) >= 11 is 0. The molecule has 0 aliphatic carbocycles. The number of hydrogen-bond donors (Lipinski definition) is 0. The molecule has 0 spiro atoms. The van der Waals surface area contributed by atoms with E-state index in [0.29, 0.717) is 5.92 Å². The third-order valence-corrected chi connectivity index (χ3v) is 3.43. The Kier molecular flexibility index (Phi) is 4.33. The number of benzene rings is 2. The van der Waals surface area contributed by atoms with Crippen LogP contribution in [0.5, 0.6) is 0 Å². The Labute approximate surface area is 119 Å². The van der Waals surface area contributed by atoms with Crippen LogP contribution in [0.15, 0.2) is 42.5 Å². The highest BCUT2D eigenvalue weighted by Crippen LogP contribution is 2.17. The maximum Gasteiger partial charge on any atom is 0.170 e. The molecule has 0 saturated carbocycles. The number of Topliss-reactive ketones (excluding diaryl/α,β-unsaturated/α-hetero) is 1. The molecule has 0 atom stereocenters. The summed E-state index contributed by atoms with van der Waals surface area (Å²) in [6.45, 7) is 6.11. The fraction of sp³-hybridized carbons (Fsp3) is 0.278. The summed E-state index contributed by atoms with van der Waals surface area (Å²) in [7, 11) is 0. The number of carbonyl (C=O) groups is 1. The third kappa shape index (κ3) is 3.32. The van der Waals surface area contributed by atoms with Gasteiger partial charge in [-0.1, -0.05) is 49.7 Å². The molecule has 0 amide bonds. The molecule has 0 fully saturated rings. The van der Waals surface area contributed by atoms with E-state index in [0.717, 1.165) is 11.1 Å². The van der Waals surface area contributed by atoms with Gasteiger partial charge in [-0.05, 0) is 36.1 Å². The van der Waals surface area contributed by atoms with E-state index in [-0.39, 0.29) is 17.8 Å². The van der Waals surface area contributed by atoms with Crippen molar-refractivity contribution in [1.82, 2.24) is 0 Å². The van der Waals surface area contributed by atoms with Crippen molar-refractivity contribution in [3.63, 3.8) is 0 Å². The van der Waals surface area contributed by atoms with Gasteiger partial charge in [-0.25, -0.2) is 4.39 Å². The van der Waals surface area contributed by atoms with Crippen molar-refractivity contribution in [3.8, 4) is 0 Å². The second kappa shape index (κ2) is 6.00. The van der Waals surface area contributed by atoms with Gasteiger partial charge in [-0.2, -0.15) is 0 Å². The smallest absolute Gasteiger partial charge is 0.170 e. The zero-order valence-electron chi connectivity index (χ0n) is 12.1. The lowest BCUT2D eigenvalue weighted by Crippen LogP contribution is -2.06. The molecule has 20 heavy (non-hydrogen) atoms. The summed E-state index contributed by atoms with van der Waals surface area (Å²) < 4.78 is 13.7. The fourth-order valence-corrected chi connectivity index (χ4v) is 2.15. The van der Waals surface area contributed by atoms with Crippen molar-refractivity contribution < 1.29 is 9.18 Å². The van der Waals surface area contributed by atoms with E-state index < -0.39 is 5.82 Å². The third-order valence-electron chi connectivity index (χ3n) is 3.43. The first-order chi connectivity index (χ1) is 9.47. The van der Waals surface area contributed by atoms with Crippen LogP contribution >= 0.6 is 0 Å². The van der Waals surface area contributed by atoms with Gasteiger partial charge < -0.3 is 0 Å². The van der Waals surface area contributed by atoms with E-state index in [1.54, 1.807) is 12.1 Å². The lowest BCUT2D eigenvalue weighted by Gasteiger charge is -2.07. The zero-order valence-corrected chi connectivity index (χ0v) is 12.1. The summed E-state index contributed by atoms with van der Waals surface area (Å²) in [5.41, 5.74) is 3.23. The maximum atomic E-state index is 13.7. The second-order valence-corrected chi connectivity index (χ2v) is 5.48. The largest absolute Gasteiger partial charge is 0.294 e. The Hall–Kier alpha value is -1.96. The average molecular weight is 270 g/mol. The van der Waals surface area contributed by atoms with E-state index in [1.807, 2.05) is 31.2 Å². The van der Waals surface area contributed by atoms with Crippen molar-refractivity contribution in [2.45, 2.75) is 33.1 Å². The Morgan fingerprint density at radius 3 is 2.35 bits per heavy atom. The predicted octanol–water partition coefficient (Wildman–Crippen LogP) is 4.68. The summed E-state index contributed by atoms with van der Waals surface area (Å²) in [6, 6.07) is 12.6. The van der Waals surface area contributed by atoms with Gasteiger partial charge in [-0.3, -0.25) is 4.79 Å². The van der Waals surface area contributed by atoms with Crippen molar-refractivity contribution in [1.29, 1.82) is 0 Å². The van der Waals surface area contributed by atoms with Gasteiger partial charge in [0.1, 0.15) is 5.82 Å². The van der Waals surface area contributed by atoms with Gasteiger partial charge in [0.05, 0.1) is 5.56 Å². The SMILES string of the molecule is Cc1ccc(F)c(C(=O)Cc2ccc(C(C)C)cc2)c1. The number of halogens is 1. The first kappa shape index (κ1) is 14.4.